The minimum Gasteiger partial charge on any atom is -0.497 e. The van der Waals surface area contributed by atoms with Gasteiger partial charge in [0.1, 0.15) is 5.75 Å². The molecule has 3 rings (SSSR count). The van der Waals surface area contributed by atoms with Gasteiger partial charge >= 0.3 is 0 Å². The summed E-state index contributed by atoms with van der Waals surface area (Å²) in [6.07, 6.45) is 0.668. The summed E-state index contributed by atoms with van der Waals surface area (Å²) in [5.74, 6) is 1.84. The third-order valence-corrected chi connectivity index (χ3v) is 5.21. The summed E-state index contributed by atoms with van der Waals surface area (Å²) >= 11 is 6.86. The van der Waals surface area contributed by atoms with Gasteiger partial charge in [-0.25, -0.2) is 4.68 Å². The number of nitrogens with zero attached hydrogens (tertiary/aromatic N) is 3. The van der Waals surface area contributed by atoms with Gasteiger partial charge in [0.2, 0.25) is 5.16 Å². The van der Waals surface area contributed by atoms with Crippen LogP contribution in [0.3, 0.4) is 0 Å². The number of thiocarbonyl (C=S) groups is 1. The summed E-state index contributed by atoms with van der Waals surface area (Å²) in [5, 5.41) is 12.0. The molecule has 0 spiro atoms. The molecule has 7 nitrogen and oxygen atoms in total. The second-order valence-electron chi connectivity index (χ2n) is 5.99. The minimum atomic E-state index is -0.310. The van der Waals surface area contributed by atoms with E-state index in [2.05, 4.69) is 33.1 Å². The molecule has 0 bridgehead atoms. The predicted octanol–water partition coefficient (Wildman–Crippen LogP) is 3.40. The van der Waals surface area contributed by atoms with Gasteiger partial charge in [0.25, 0.3) is 5.91 Å². The Kier molecular flexibility index (Phi) is 7.20. The van der Waals surface area contributed by atoms with Crippen molar-refractivity contribution < 1.29 is 9.53 Å². The number of hydrogen-bond donors (Lipinski definition) is 2. The van der Waals surface area contributed by atoms with Gasteiger partial charge < -0.3 is 4.74 Å². The molecule has 1 aromatic heterocycles. The van der Waals surface area contributed by atoms with E-state index in [4.69, 9.17) is 17.0 Å². The van der Waals surface area contributed by atoms with Gasteiger partial charge in [0.15, 0.2) is 10.9 Å². The van der Waals surface area contributed by atoms with Crippen molar-refractivity contribution in [3.63, 3.8) is 0 Å². The third kappa shape index (κ3) is 5.55. The van der Waals surface area contributed by atoms with E-state index in [9.17, 15) is 4.79 Å². The molecule has 0 aliphatic carbocycles. The Labute approximate surface area is 178 Å². The number of nitrogens with one attached hydrogen (secondary N) is 2. The van der Waals surface area contributed by atoms with Crippen molar-refractivity contribution in [1.29, 1.82) is 0 Å². The van der Waals surface area contributed by atoms with Crippen molar-refractivity contribution in [2.24, 2.45) is 0 Å². The molecule has 29 heavy (non-hydrogen) atoms. The molecule has 0 radical (unpaired) electrons. The number of carbonyl (C=O) groups is 1. The summed E-state index contributed by atoms with van der Waals surface area (Å²) in [4.78, 5) is 12.4. The van der Waals surface area contributed by atoms with Crippen LogP contribution in [0, 0.1) is 0 Å². The lowest BCUT2D eigenvalue weighted by atomic mass is 10.2. The monoisotopic (exact) mass is 427 g/mol. The van der Waals surface area contributed by atoms with E-state index in [1.54, 1.807) is 36.1 Å². The fourth-order valence-corrected chi connectivity index (χ4v) is 3.56. The molecular formula is C20H21N5O2S2. The lowest BCUT2D eigenvalue weighted by Crippen LogP contribution is -2.38. The molecule has 0 aliphatic rings. The number of ether oxygens (including phenoxy) is 1. The molecule has 0 saturated carbocycles. The van der Waals surface area contributed by atoms with Gasteiger partial charge in [-0.2, -0.15) is 0 Å². The fourth-order valence-electron chi connectivity index (χ4n) is 2.50. The largest absolute Gasteiger partial charge is 0.497 e. The van der Waals surface area contributed by atoms with E-state index in [0.29, 0.717) is 22.9 Å². The van der Waals surface area contributed by atoms with Crippen LogP contribution in [0.4, 0.5) is 0 Å². The number of benzene rings is 2. The molecule has 0 aliphatic heterocycles. The molecule has 0 saturated heterocycles. The third-order valence-electron chi connectivity index (χ3n) is 4.02. The maximum Gasteiger partial charge on any atom is 0.257 e. The SMILES string of the molecule is CCc1nnc(SCc2ccccc2)n1NC(=S)NC(=O)c1ccc(OC)cc1. The van der Waals surface area contributed by atoms with Crippen LogP contribution < -0.4 is 15.5 Å². The van der Waals surface area contributed by atoms with Crippen LogP contribution in [-0.4, -0.2) is 33.0 Å². The van der Waals surface area contributed by atoms with Crippen molar-refractivity contribution in [1.82, 2.24) is 20.2 Å². The van der Waals surface area contributed by atoms with Crippen LogP contribution in [0.1, 0.15) is 28.7 Å². The molecule has 0 atom stereocenters. The predicted molar refractivity (Wildman–Crippen MR) is 118 cm³/mol. The van der Waals surface area contributed by atoms with Crippen LogP contribution >= 0.6 is 24.0 Å². The molecule has 0 fully saturated rings. The number of aryl methyl sites for hydroxylation is 1. The summed E-state index contributed by atoms with van der Waals surface area (Å²) in [6, 6.07) is 16.9. The second-order valence-corrected chi connectivity index (χ2v) is 7.34. The highest BCUT2D eigenvalue weighted by atomic mass is 32.2. The quantitative estimate of drug-likeness (QED) is 0.442. The lowest BCUT2D eigenvalue weighted by Gasteiger charge is -2.14. The highest BCUT2D eigenvalue weighted by Crippen LogP contribution is 2.21. The average molecular weight is 428 g/mol. The average Bonchev–Trinajstić information content (AvgIpc) is 3.14. The maximum atomic E-state index is 12.4. The first kappa shape index (κ1) is 20.8. The van der Waals surface area contributed by atoms with Gasteiger partial charge in [0, 0.05) is 17.7 Å². The summed E-state index contributed by atoms with van der Waals surface area (Å²) < 4.78 is 6.82. The lowest BCUT2D eigenvalue weighted by molar-refractivity contribution is 0.0977. The normalized spacial score (nSPS) is 10.4. The summed E-state index contributed by atoms with van der Waals surface area (Å²) in [6.45, 7) is 1.98. The van der Waals surface area contributed by atoms with Crippen molar-refractivity contribution >= 4 is 35.0 Å². The summed E-state index contributed by atoms with van der Waals surface area (Å²) in [7, 11) is 1.58. The first-order valence-corrected chi connectivity index (χ1v) is 10.4. The Morgan fingerprint density at radius 1 is 1.14 bits per heavy atom. The molecule has 2 N–H and O–H groups in total. The number of hydrogen-bond acceptors (Lipinski definition) is 6. The zero-order chi connectivity index (χ0) is 20.6. The van der Waals surface area contributed by atoms with E-state index in [1.165, 1.54) is 17.3 Å². The smallest absolute Gasteiger partial charge is 0.257 e. The molecule has 3 aromatic rings. The van der Waals surface area contributed by atoms with Crippen molar-refractivity contribution in [3.05, 3.63) is 71.5 Å². The van der Waals surface area contributed by atoms with Gasteiger partial charge in [0.05, 0.1) is 7.11 Å². The standard InChI is InChI=1S/C20H21N5O2S2/c1-3-17-22-23-20(29-13-14-7-5-4-6-8-14)25(17)24-19(28)21-18(26)15-9-11-16(27-2)12-10-15/h4-12H,3,13H2,1-2H3,(H2,21,24,26,28). The Morgan fingerprint density at radius 2 is 1.86 bits per heavy atom. The van der Waals surface area contributed by atoms with Crippen molar-refractivity contribution in [3.8, 4) is 5.75 Å². The number of rotatable bonds is 7. The highest BCUT2D eigenvalue weighted by molar-refractivity contribution is 7.98. The van der Waals surface area contributed by atoms with E-state index < -0.39 is 0 Å². The molecule has 1 heterocycles. The topological polar surface area (TPSA) is 81.1 Å². The van der Waals surface area contributed by atoms with Gasteiger partial charge in [-0.05, 0) is 42.0 Å². The number of methoxy groups -OCH3 is 1. The minimum absolute atomic E-state index is 0.168. The fraction of sp³-hybridized carbons (Fsp3) is 0.200. The molecular weight excluding hydrogens is 406 g/mol. The van der Waals surface area contributed by atoms with Crippen LogP contribution in [0.2, 0.25) is 0 Å². The molecule has 150 valence electrons. The first-order valence-electron chi connectivity index (χ1n) is 8.98. The van der Waals surface area contributed by atoms with Gasteiger partial charge in [-0.1, -0.05) is 49.0 Å². The zero-order valence-corrected chi connectivity index (χ0v) is 17.7. The number of thioether (sulfide) groups is 1. The maximum absolute atomic E-state index is 12.4. The molecule has 1 amide bonds. The van der Waals surface area contributed by atoms with Crippen LogP contribution in [0.5, 0.6) is 5.75 Å². The van der Waals surface area contributed by atoms with Crippen LogP contribution in [0.15, 0.2) is 59.8 Å². The van der Waals surface area contributed by atoms with Crippen molar-refractivity contribution in [2.45, 2.75) is 24.3 Å². The molecule has 0 unspecified atom stereocenters. The van der Waals surface area contributed by atoms with E-state index >= 15 is 0 Å². The second kappa shape index (κ2) is 10.0. The van der Waals surface area contributed by atoms with E-state index in [-0.39, 0.29) is 11.0 Å². The number of aromatic nitrogens is 3. The van der Waals surface area contributed by atoms with Gasteiger partial charge in [-0.3, -0.25) is 15.5 Å². The summed E-state index contributed by atoms with van der Waals surface area (Å²) in [5.41, 5.74) is 4.68. The Bertz CT molecular complexity index is 974. The van der Waals surface area contributed by atoms with Crippen LogP contribution in [-0.2, 0) is 12.2 Å². The Morgan fingerprint density at radius 3 is 2.52 bits per heavy atom. The molecule has 2 aromatic carbocycles. The molecule has 9 heteroatoms. The van der Waals surface area contributed by atoms with Gasteiger partial charge in [-0.15, -0.1) is 10.2 Å². The van der Waals surface area contributed by atoms with Crippen molar-refractivity contribution in [2.75, 3.05) is 12.5 Å². The Hall–Kier alpha value is -2.91. The van der Waals surface area contributed by atoms with Crippen LogP contribution in [0.25, 0.3) is 0 Å². The zero-order valence-electron chi connectivity index (χ0n) is 16.1. The highest BCUT2D eigenvalue weighted by Gasteiger charge is 2.14. The number of carbonyl (C=O) groups excluding carboxylic acids is 1. The first-order chi connectivity index (χ1) is 14.1. The van der Waals surface area contributed by atoms with E-state index in [1.807, 2.05) is 25.1 Å². The number of amides is 1. The Balaban J connectivity index is 1.65. The van der Waals surface area contributed by atoms with E-state index in [0.717, 1.165) is 11.6 Å².